The molecule has 1 aromatic carbocycles. The molecule has 1 rings (SSSR count). The molecule has 0 amide bonds. The smallest absolute Gasteiger partial charge is 0.309 e. The van der Waals surface area contributed by atoms with Crippen molar-refractivity contribution in [1.82, 2.24) is 5.32 Å². The molecule has 0 aromatic heterocycles. The Bertz CT molecular complexity index is 390. The van der Waals surface area contributed by atoms with Gasteiger partial charge in [0.05, 0.1) is 13.5 Å². The largest absolute Gasteiger partial charge is 0.469 e. The Hall–Kier alpha value is -1.35. The van der Waals surface area contributed by atoms with Crippen molar-refractivity contribution in [2.45, 2.75) is 52.1 Å². The van der Waals surface area contributed by atoms with Gasteiger partial charge in [0.25, 0.3) is 0 Å². The Kier molecular flexibility index (Phi) is 7.19. The van der Waals surface area contributed by atoms with Crippen molar-refractivity contribution in [3.05, 3.63) is 35.4 Å². The van der Waals surface area contributed by atoms with Crippen LogP contribution in [-0.4, -0.2) is 19.1 Å². The Labute approximate surface area is 116 Å². The first kappa shape index (κ1) is 15.7. The highest BCUT2D eigenvalue weighted by Gasteiger charge is 2.09. The summed E-state index contributed by atoms with van der Waals surface area (Å²) in [6.07, 6.45) is 3.86. The zero-order chi connectivity index (χ0) is 14.1. The maximum Gasteiger partial charge on any atom is 0.309 e. The summed E-state index contributed by atoms with van der Waals surface area (Å²) in [7, 11) is 1.43. The standard InChI is InChI=1S/C16H25NO2/c1-4-8-15(5-2)17-12-14-10-7-6-9-13(14)11-16(18)19-3/h6-7,9-10,15,17H,4-5,8,11-12H2,1-3H3. The van der Waals surface area contributed by atoms with Crippen LogP contribution in [0, 0.1) is 0 Å². The highest BCUT2D eigenvalue weighted by molar-refractivity contribution is 5.72. The van der Waals surface area contributed by atoms with Crippen molar-refractivity contribution in [1.29, 1.82) is 0 Å². The van der Waals surface area contributed by atoms with Crippen LogP contribution in [0.2, 0.25) is 0 Å². The lowest BCUT2D eigenvalue weighted by molar-refractivity contribution is -0.139. The van der Waals surface area contributed by atoms with E-state index in [0.717, 1.165) is 18.5 Å². The second kappa shape index (κ2) is 8.70. The van der Waals surface area contributed by atoms with Gasteiger partial charge in [-0.05, 0) is 24.0 Å². The first-order valence-corrected chi connectivity index (χ1v) is 7.08. The van der Waals surface area contributed by atoms with Crippen molar-refractivity contribution in [2.75, 3.05) is 7.11 Å². The molecule has 3 heteroatoms. The summed E-state index contributed by atoms with van der Waals surface area (Å²) in [6.45, 7) is 5.22. The van der Waals surface area contributed by atoms with E-state index in [1.807, 2.05) is 18.2 Å². The highest BCUT2D eigenvalue weighted by atomic mass is 16.5. The molecular formula is C16H25NO2. The molecule has 106 valence electrons. The lowest BCUT2D eigenvalue weighted by Gasteiger charge is -2.17. The van der Waals surface area contributed by atoms with Crippen LogP contribution in [0.5, 0.6) is 0 Å². The third-order valence-corrected chi connectivity index (χ3v) is 3.39. The van der Waals surface area contributed by atoms with Crippen LogP contribution in [0.1, 0.15) is 44.2 Å². The number of ether oxygens (including phenoxy) is 1. The third kappa shape index (κ3) is 5.43. The predicted molar refractivity (Wildman–Crippen MR) is 78.0 cm³/mol. The minimum absolute atomic E-state index is 0.187. The van der Waals surface area contributed by atoms with E-state index in [1.54, 1.807) is 0 Å². The molecule has 0 radical (unpaired) electrons. The normalized spacial score (nSPS) is 12.2. The van der Waals surface area contributed by atoms with E-state index in [1.165, 1.54) is 25.5 Å². The number of esters is 1. The SMILES string of the molecule is CCCC(CC)NCc1ccccc1CC(=O)OC. The molecular weight excluding hydrogens is 238 g/mol. The zero-order valence-corrected chi connectivity index (χ0v) is 12.2. The number of hydrogen-bond acceptors (Lipinski definition) is 3. The third-order valence-electron chi connectivity index (χ3n) is 3.39. The summed E-state index contributed by atoms with van der Waals surface area (Å²) >= 11 is 0. The molecule has 0 aliphatic carbocycles. The summed E-state index contributed by atoms with van der Waals surface area (Å²) in [5.74, 6) is -0.187. The van der Waals surface area contributed by atoms with Crippen molar-refractivity contribution in [2.24, 2.45) is 0 Å². The van der Waals surface area contributed by atoms with Gasteiger partial charge >= 0.3 is 5.97 Å². The lowest BCUT2D eigenvalue weighted by atomic mass is 10.0. The predicted octanol–water partition coefficient (Wildman–Crippen LogP) is 3.07. The molecule has 0 fully saturated rings. The van der Waals surface area contributed by atoms with Crippen LogP contribution in [0.4, 0.5) is 0 Å². The summed E-state index contributed by atoms with van der Waals surface area (Å²) in [5.41, 5.74) is 2.23. The quantitative estimate of drug-likeness (QED) is 0.733. The maximum absolute atomic E-state index is 11.4. The average molecular weight is 263 g/mol. The molecule has 0 aliphatic heterocycles. The Morgan fingerprint density at radius 1 is 1.26 bits per heavy atom. The highest BCUT2D eigenvalue weighted by Crippen LogP contribution is 2.11. The summed E-state index contributed by atoms with van der Waals surface area (Å²) in [6, 6.07) is 8.60. The van der Waals surface area contributed by atoms with E-state index >= 15 is 0 Å². The fourth-order valence-corrected chi connectivity index (χ4v) is 2.18. The first-order valence-electron chi connectivity index (χ1n) is 7.08. The molecule has 0 spiro atoms. The molecule has 19 heavy (non-hydrogen) atoms. The monoisotopic (exact) mass is 263 g/mol. The van der Waals surface area contributed by atoms with Crippen LogP contribution >= 0.6 is 0 Å². The van der Waals surface area contributed by atoms with E-state index in [4.69, 9.17) is 4.74 Å². The minimum Gasteiger partial charge on any atom is -0.469 e. The zero-order valence-electron chi connectivity index (χ0n) is 12.2. The first-order chi connectivity index (χ1) is 9.21. The van der Waals surface area contributed by atoms with Gasteiger partial charge in [-0.15, -0.1) is 0 Å². The fourth-order valence-electron chi connectivity index (χ4n) is 2.18. The maximum atomic E-state index is 11.4. The average Bonchev–Trinajstić information content (AvgIpc) is 2.44. The molecule has 0 bridgehead atoms. The van der Waals surface area contributed by atoms with Crippen molar-refractivity contribution in [3.63, 3.8) is 0 Å². The molecule has 1 atom stereocenters. The molecule has 0 saturated carbocycles. The van der Waals surface area contributed by atoms with Gasteiger partial charge in [-0.1, -0.05) is 44.5 Å². The number of benzene rings is 1. The lowest BCUT2D eigenvalue weighted by Crippen LogP contribution is -2.28. The Morgan fingerprint density at radius 3 is 2.53 bits per heavy atom. The molecule has 0 aliphatic rings. The van der Waals surface area contributed by atoms with Crippen molar-refractivity contribution < 1.29 is 9.53 Å². The van der Waals surface area contributed by atoms with Gasteiger partial charge in [-0.25, -0.2) is 0 Å². The summed E-state index contributed by atoms with van der Waals surface area (Å²) in [4.78, 5) is 11.4. The molecule has 1 aromatic rings. The van der Waals surface area contributed by atoms with E-state index in [2.05, 4.69) is 25.2 Å². The van der Waals surface area contributed by atoms with Crippen molar-refractivity contribution in [3.8, 4) is 0 Å². The summed E-state index contributed by atoms with van der Waals surface area (Å²) < 4.78 is 4.74. The number of methoxy groups -OCH3 is 1. The molecule has 0 heterocycles. The number of rotatable bonds is 8. The van der Waals surface area contributed by atoms with Gasteiger partial charge in [0.15, 0.2) is 0 Å². The van der Waals surface area contributed by atoms with E-state index in [-0.39, 0.29) is 5.97 Å². The van der Waals surface area contributed by atoms with Gasteiger partial charge in [0.2, 0.25) is 0 Å². The van der Waals surface area contributed by atoms with Crippen LogP contribution < -0.4 is 5.32 Å². The molecule has 1 unspecified atom stereocenters. The van der Waals surface area contributed by atoms with E-state index in [9.17, 15) is 4.79 Å². The molecule has 3 nitrogen and oxygen atoms in total. The van der Waals surface area contributed by atoms with E-state index in [0.29, 0.717) is 12.5 Å². The Morgan fingerprint density at radius 2 is 1.95 bits per heavy atom. The number of carbonyl (C=O) groups excluding carboxylic acids is 1. The Balaban J connectivity index is 2.64. The second-order valence-electron chi connectivity index (χ2n) is 4.80. The van der Waals surface area contributed by atoms with Crippen LogP contribution in [0.15, 0.2) is 24.3 Å². The van der Waals surface area contributed by atoms with Crippen molar-refractivity contribution >= 4 is 5.97 Å². The van der Waals surface area contributed by atoms with Crippen LogP contribution in [0.25, 0.3) is 0 Å². The molecule has 1 N–H and O–H groups in total. The van der Waals surface area contributed by atoms with Gasteiger partial charge < -0.3 is 10.1 Å². The van der Waals surface area contributed by atoms with Gasteiger partial charge in [0.1, 0.15) is 0 Å². The second-order valence-corrected chi connectivity index (χ2v) is 4.80. The van der Waals surface area contributed by atoms with Crippen LogP contribution in [0.3, 0.4) is 0 Å². The van der Waals surface area contributed by atoms with Gasteiger partial charge in [-0.3, -0.25) is 4.79 Å². The number of carbonyl (C=O) groups is 1. The topological polar surface area (TPSA) is 38.3 Å². The minimum atomic E-state index is -0.187. The van der Waals surface area contributed by atoms with Gasteiger partial charge in [-0.2, -0.15) is 0 Å². The van der Waals surface area contributed by atoms with Gasteiger partial charge in [0, 0.05) is 12.6 Å². The number of hydrogen-bond donors (Lipinski definition) is 1. The summed E-state index contributed by atoms with van der Waals surface area (Å²) in [5, 5.41) is 3.57. The van der Waals surface area contributed by atoms with Crippen LogP contribution in [-0.2, 0) is 22.5 Å². The molecule has 0 saturated heterocycles. The number of nitrogens with one attached hydrogen (secondary N) is 1. The fraction of sp³-hybridized carbons (Fsp3) is 0.562. The van der Waals surface area contributed by atoms with E-state index < -0.39 is 0 Å².